The van der Waals surface area contributed by atoms with Crippen LogP contribution >= 0.6 is 11.6 Å². The predicted octanol–water partition coefficient (Wildman–Crippen LogP) is 2.43. The average molecular weight is 452 g/mol. The van der Waals surface area contributed by atoms with E-state index in [0.29, 0.717) is 55.7 Å². The summed E-state index contributed by atoms with van der Waals surface area (Å²) in [6.45, 7) is 2.93. The van der Waals surface area contributed by atoms with Gasteiger partial charge in [-0.15, -0.1) is 0 Å². The summed E-state index contributed by atoms with van der Waals surface area (Å²) in [6.07, 6.45) is 0. The van der Waals surface area contributed by atoms with E-state index in [2.05, 4.69) is 4.90 Å². The first-order valence-electron chi connectivity index (χ1n) is 9.70. The number of ether oxygens (including phenoxy) is 1. The van der Waals surface area contributed by atoms with E-state index in [4.69, 9.17) is 16.3 Å². The standard InChI is InChI=1S/C21H26ClN3O4S/c1-23-10-12-25(13-11-23)30(27,28)20-5-3-4-17(16-20)21(26)24(2)14-15-29-19-8-6-18(22)7-9-19/h3-9,16H,10-15H2,1-2H3. The second kappa shape index (κ2) is 9.78. The van der Waals surface area contributed by atoms with E-state index in [-0.39, 0.29) is 10.8 Å². The molecule has 1 fully saturated rings. The molecule has 1 heterocycles. The molecule has 0 atom stereocenters. The molecule has 0 spiro atoms. The van der Waals surface area contributed by atoms with Crippen LogP contribution in [0.25, 0.3) is 0 Å². The number of amides is 1. The van der Waals surface area contributed by atoms with Gasteiger partial charge in [-0.2, -0.15) is 4.31 Å². The average Bonchev–Trinajstić information content (AvgIpc) is 2.75. The van der Waals surface area contributed by atoms with Crippen molar-refractivity contribution in [2.45, 2.75) is 4.90 Å². The monoisotopic (exact) mass is 451 g/mol. The van der Waals surface area contributed by atoms with E-state index in [0.717, 1.165) is 0 Å². The van der Waals surface area contributed by atoms with Crippen LogP contribution in [0.2, 0.25) is 5.02 Å². The molecular weight excluding hydrogens is 426 g/mol. The second-order valence-corrected chi connectivity index (χ2v) is 9.64. The van der Waals surface area contributed by atoms with E-state index < -0.39 is 10.0 Å². The van der Waals surface area contributed by atoms with Gasteiger partial charge in [-0.3, -0.25) is 4.79 Å². The number of likely N-dealkylation sites (N-methyl/N-ethyl adjacent to an activating group) is 2. The van der Waals surface area contributed by atoms with Crippen molar-refractivity contribution in [3.63, 3.8) is 0 Å². The van der Waals surface area contributed by atoms with Crippen molar-refractivity contribution in [2.24, 2.45) is 0 Å². The summed E-state index contributed by atoms with van der Waals surface area (Å²) in [4.78, 5) is 16.5. The number of sulfonamides is 1. The van der Waals surface area contributed by atoms with E-state index >= 15 is 0 Å². The molecule has 3 rings (SSSR count). The van der Waals surface area contributed by atoms with Gasteiger partial charge in [0.1, 0.15) is 12.4 Å². The van der Waals surface area contributed by atoms with Gasteiger partial charge in [0.15, 0.2) is 0 Å². The summed E-state index contributed by atoms with van der Waals surface area (Å²) in [5, 5.41) is 0.626. The zero-order chi connectivity index (χ0) is 21.7. The van der Waals surface area contributed by atoms with Crippen LogP contribution in [-0.2, 0) is 10.0 Å². The van der Waals surface area contributed by atoms with Crippen LogP contribution in [0.1, 0.15) is 10.4 Å². The number of carbonyl (C=O) groups is 1. The summed E-state index contributed by atoms with van der Waals surface area (Å²) in [5.41, 5.74) is 0.333. The maximum Gasteiger partial charge on any atom is 0.253 e. The van der Waals surface area contributed by atoms with Crippen molar-refractivity contribution in [3.8, 4) is 5.75 Å². The number of carbonyl (C=O) groups excluding carboxylic acids is 1. The lowest BCUT2D eigenvalue weighted by molar-refractivity contribution is 0.0773. The molecule has 0 N–H and O–H groups in total. The molecule has 162 valence electrons. The Morgan fingerprint density at radius 3 is 2.43 bits per heavy atom. The molecule has 0 unspecified atom stereocenters. The van der Waals surface area contributed by atoms with Crippen LogP contribution in [0.3, 0.4) is 0 Å². The topological polar surface area (TPSA) is 70.2 Å². The van der Waals surface area contributed by atoms with Gasteiger partial charge in [0.2, 0.25) is 10.0 Å². The Bertz CT molecular complexity index is 974. The van der Waals surface area contributed by atoms with Crippen molar-refractivity contribution < 1.29 is 17.9 Å². The summed E-state index contributed by atoms with van der Waals surface area (Å²) in [7, 11) is 0.00665. The molecule has 0 saturated carbocycles. The molecule has 0 aliphatic carbocycles. The maximum absolute atomic E-state index is 12.9. The van der Waals surface area contributed by atoms with Crippen molar-refractivity contribution in [3.05, 3.63) is 59.1 Å². The number of nitrogens with zero attached hydrogens (tertiary/aromatic N) is 3. The molecule has 1 amide bonds. The highest BCUT2D eigenvalue weighted by atomic mass is 35.5. The lowest BCUT2D eigenvalue weighted by atomic mass is 10.2. The summed E-state index contributed by atoms with van der Waals surface area (Å²) >= 11 is 5.85. The molecule has 1 saturated heterocycles. The fraction of sp³-hybridized carbons (Fsp3) is 0.381. The van der Waals surface area contributed by atoms with Gasteiger partial charge in [-0.05, 0) is 49.5 Å². The van der Waals surface area contributed by atoms with Crippen LogP contribution in [0.15, 0.2) is 53.4 Å². The fourth-order valence-corrected chi connectivity index (χ4v) is 4.71. The van der Waals surface area contributed by atoms with Crippen LogP contribution < -0.4 is 4.74 Å². The molecule has 1 aliphatic heterocycles. The molecule has 2 aromatic rings. The largest absolute Gasteiger partial charge is 0.492 e. The van der Waals surface area contributed by atoms with Gasteiger partial charge >= 0.3 is 0 Å². The third kappa shape index (κ3) is 5.51. The summed E-state index contributed by atoms with van der Waals surface area (Å²) < 4.78 is 33.0. The number of hydrogen-bond acceptors (Lipinski definition) is 5. The van der Waals surface area contributed by atoms with E-state index in [9.17, 15) is 13.2 Å². The molecule has 30 heavy (non-hydrogen) atoms. The van der Waals surface area contributed by atoms with Crippen LogP contribution in [0, 0.1) is 0 Å². The molecular formula is C21H26ClN3O4S. The van der Waals surface area contributed by atoms with Gasteiger partial charge in [-0.1, -0.05) is 17.7 Å². The van der Waals surface area contributed by atoms with Gasteiger partial charge in [0.25, 0.3) is 5.91 Å². The molecule has 2 aromatic carbocycles. The summed E-state index contributed by atoms with van der Waals surface area (Å²) in [5.74, 6) is 0.408. The molecule has 0 aromatic heterocycles. The zero-order valence-electron chi connectivity index (χ0n) is 17.1. The van der Waals surface area contributed by atoms with Crippen molar-refractivity contribution in [1.82, 2.24) is 14.1 Å². The van der Waals surface area contributed by atoms with Crippen molar-refractivity contribution in [1.29, 1.82) is 0 Å². The SMILES string of the molecule is CN1CCN(S(=O)(=O)c2cccc(C(=O)N(C)CCOc3ccc(Cl)cc3)c2)CC1. The Balaban J connectivity index is 1.62. The highest BCUT2D eigenvalue weighted by molar-refractivity contribution is 7.89. The fourth-order valence-electron chi connectivity index (χ4n) is 3.12. The smallest absolute Gasteiger partial charge is 0.253 e. The first-order chi connectivity index (χ1) is 14.3. The Labute approximate surface area is 182 Å². The van der Waals surface area contributed by atoms with Gasteiger partial charge in [0, 0.05) is 43.8 Å². The van der Waals surface area contributed by atoms with Crippen molar-refractivity contribution >= 4 is 27.5 Å². The Kier molecular flexibility index (Phi) is 7.36. The third-order valence-electron chi connectivity index (χ3n) is 5.04. The number of piperazine rings is 1. The minimum Gasteiger partial charge on any atom is -0.492 e. The normalized spacial score (nSPS) is 15.7. The van der Waals surface area contributed by atoms with E-state index in [1.54, 1.807) is 43.4 Å². The Hall–Kier alpha value is -2.13. The van der Waals surface area contributed by atoms with Crippen LogP contribution in [-0.4, -0.2) is 81.9 Å². The zero-order valence-corrected chi connectivity index (χ0v) is 18.7. The van der Waals surface area contributed by atoms with E-state index in [1.165, 1.54) is 21.3 Å². The molecule has 0 bridgehead atoms. The second-order valence-electron chi connectivity index (χ2n) is 7.26. The molecule has 1 aliphatic rings. The number of halogens is 1. The Morgan fingerprint density at radius 2 is 1.77 bits per heavy atom. The van der Waals surface area contributed by atoms with Gasteiger partial charge in [-0.25, -0.2) is 8.42 Å². The van der Waals surface area contributed by atoms with E-state index in [1.807, 2.05) is 7.05 Å². The number of benzene rings is 2. The first-order valence-corrected chi connectivity index (χ1v) is 11.5. The lowest BCUT2D eigenvalue weighted by Crippen LogP contribution is -2.47. The van der Waals surface area contributed by atoms with Crippen LogP contribution in [0.5, 0.6) is 5.75 Å². The summed E-state index contributed by atoms with van der Waals surface area (Å²) in [6, 6.07) is 13.2. The highest BCUT2D eigenvalue weighted by Crippen LogP contribution is 2.20. The molecule has 7 nitrogen and oxygen atoms in total. The van der Waals surface area contributed by atoms with Gasteiger partial charge < -0.3 is 14.5 Å². The minimum atomic E-state index is -3.62. The predicted molar refractivity (Wildman–Crippen MR) is 117 cm³/mol. The number of rotatable bonds is 7. The quantitative estimate of drug-likeness (QED) is 0.646. The minimum absolute atomic E-state index is 0.142. The highest BCUT2D eigenvalue weighted by Gasteiger charge is 2.28. The lowest BCUT2D eigenvalue weighted by Gasteiger charge is -2.31. The van der Waals surface area contributed by atoms with Crippen LogP contribution in [0.4, 0.5) is 0 Å². The van der Waals surface area contributed by atoms with Crippen molar-refractivity contribution in [2.75, 3.05) is 53.4 Å². The third-order valence-corrected chi connectivity index (χ3v) is 7.18. The molecule has 0 radical (unpaired) electrons. The van der Waals surface area contributed by atoms with Gasteiger partial charge in [0.05, 0.1) is 11.4 Å². The number of hydrogen-bond donors (Lipinski definition) is 0. The first kappa shape index (κ1) is 22.6. The molecule has 9 heteroatoms. The maximum atomic E-state index is 12.9. The Morgan fingerprint density at radius 1 is 1.10 bits per heavy atom.